The van der Waals surface area contributed by atoms with Crippen LogP contribution < -0.4 is 4.74 Å². The topological polar surface area (TPSA) is 94.6 Å². The highest BCUT2D eigenvalue weighted by Crippen LogP contribution is 2.29. The molecule has 3 rings (SSSR count). The van der Waals surface area contributed by atoms with Crippen LogP contribution in [-0.4, -0.2) is 34.3 Å². The van der Waals surface area contributed by atoms with Gasteiger partial charge in [-0.15, -0.1) is 0 Å². The van der Waals surface area contributed by atoms with Crippen LogP contribution in [0, 0.1) is 0 Å². The van der Waals surface area contributed by atoms with Crippen LogP contribution in [0.25, 0.3) is 0 Å². The average molecular weight is 392 g/mol. The summed E-state index contributed by atoms with van der Waals surface area (Å²) >= 11 is 0. The molecule has 1 aliphatic rings. The fraction of sp³-hybridized carbons (Fsp3) is 0.167. The molecule has 6 nitrogen and oxygen atoms in total. The van der Waals surface area contributed by atoms with E-state index in [9.17, 15) is 21.6 Å². The molecule has 0 radical (unpaired) electrons. The van der Waals surface area contributed by atoms with Crippen LogP contribution >= 0.6 is 0 Å². The molecule has 0 aromatic heterocycles. The van der Waals surface area contributed by atoms with Crippen molar-refractivity contribution in [2.45, 2.75) is 5.25 Å². The largest absolute Gasteiger partial charge is 0.423 e. The van der Waals surface area contributed by atoms with Gasteiger partial charge in [0.15, 0.2) is 19.7 Å². The van der Waals surface area contributed by atoms with Gasteiger partial charge in [0.25, 0.3) is 0 Å². The zero-order valence-electron chi connectivity index (χ0n) is 13.6. The maximum atomic E-state index is 12.4. The minimum atomic E-state index is -3.70. The number of ether oxygens (including phenoxy) is 1. The Bertz CT molecular complexity index is 1050. The number of rotatable bonds is 3. The molecule has 0 bridgehead atoms. The summed E-state index contributed by atoms with van der Waals surface area (Å²) in [5.74, 6) is -1.21. The number of benzene rings is 2. The van der Waals surface area contributed by atoms with Crippen molar-refractivity contribution in [2.75, 3.05) is 11.5 Å². The first-order valence-corrected chi connectivity index (χ1v) is 11.2. The zero-order valence-corrected chi connectivity index (χ0v) is 15.2. The van der Waals surface area contributed by atoms with Gasteiger partial charge in [0.1, 0.15) is 11.0 Å². The number of hydrogen-bond donors (Lipinski definition) is 0. The van der Waals surface area contributed by atoms with Gasteiger partial charge in [-0.2, -0.15) is 0 Å². The van der Waals surface area contributed by atoms with Gasteiger partial charge in [-0.25, -0.2) is 21.6 Å². The van der Waals surface area contributed by atoms with Gasteiger partial charge in [0.05, 0.1) is 17.1 Å². The summed E-state index contributed by atoms with van der Waals surface area (Å²) in [7, 11) is -7.35. The van der Waals surface area contributed by atoms with Crippen molar-refractivity contribution in [3.63, 3.8) is 0 Å². The molecule has 0 saturated carbocycles. The van der Waals surface area contributed by atoms with E-state index < -0.39 is 36.6 Å². The van der Waals surface area contributed by atoms with Gasteiger partial charge in [0.2, 0.25) is 0 Å². The molecule has 0 aliphatic carbocycles. The van der Waals surface area contributed by atoms with Gasteiger partial charge in [0, 0.05) is 5.41 Å². The van der Waals surface area contributed by atoms with Crippen LogP contribution in [-0.2, 0) is 19.7 Å². The van der Waals surface area contributed by atoms with Crippen LogP contribution in [0.4, 0.5) is 0 Å². The highest BCUT2D eigenvalue weighted by Gasteiger charge is 2.33. The molecule has 0 N–H and O–H groups in total. The lowest BCUT2D eigenvalue weighted by Gasteiger charge is -2.15. The number of carbonyl (C=O) groups excluding carboxylic acids is 1. The van der Waals surface area contributed by atoms with E-state index in [0.717, 1.165) is 11.5 Å². The van der Waals surface area contributed by atoms with Crippen LogP contribution in [0.5, 0.6) is 5.75 Å². The summed E-state index contributed by atoms with van der Waals surface area (Å²) in [4.78, 5) is 12.3. The van der Waals surface area contributed by atoms with E-state index in [1.807, 2.05) is 0 Å². The molecule has 0 saturated heterocycles. The van der Waals surface area contributed by atoms with Crippen molar-refractivity contribution in [1.29, 1.82) is 0 Å². The van der Waals surface area contributed by atoms with Crippen molar-refractivity contribution in [3.8, 4) is 5.75 Å². The van der Waals surface area contributed by atoms with E-state index in [2.05, 4.69) is 0 Å². The average Bonchev–Trinajstić information content (AvgIpc) is 2.71. The summed E-state index contributed by atoms with van der Waals surface area (Å²) in [6.07, 6.45) is 1.14. The molecule has 2 aromatic rings. The Morgan fingerprint density at radius 3 is 2.42 bits per heavy atom. The highest BCUT2D eigenvalue weighted by atomic mass is 32.2. The number of esters is 1. The molecule has 1 unspecified atom stereocenters. The first-order chi connectivity index (χ1) is 12.3. The van der Waals surface area contributed by atoms with Gasteiger partial charge in [-0.3, -0.25) is 0 Å². The molecule has 0 fully saturated rings. The lowest BCUT2D eigenvalue weighted by Crippen LogP contribution is -2.21. The predicted molar refractivity (Wildman–Crippen MR) is 97.3 cm³/mol. The van der Waals surface area contributed by atoms with E-state index in [0.29, 0.717) is 5.75 Å². The summed E-state index contributed by atoms with van der Waals surface area (Å²) in [5.41, 5.74) is 0.399. The lowest BCUT2D eigenvalue weighted by atomic mass is 10.1. The molecule has 1 aliphatic heterocycles. The van der Waals surface area contributed by atoms with E-state index in [1.54, 1.807) is 30.3 Å². The first-order valence-electron chi connectivity index (χ1n) is 7.75. The zero-order chi connectivity index (χ0) is 18.8. The SMILES string of the molecule is O=C(Oc1ccccc1)c1cccc(C2CS(=O)(=O)C=CCS2(=O)=O)c1. The standard InChI is InChI=1S/C18H16O6S2/c19-18(24-16-8-2-1-3-9-16)15-7-4-6-14(12-15)17-13-25(20,21)10-5-11-26(17,22)23/h1-10,12,17H,11,13H2. The predicted octanol–water partition coefficient (Wildman–Crippen LogP) is 2.30. The maximum Gasteiger partial charge on any atom is 0.343 e. The van der Waals surface area contributed by atoms with Crippen LogP contribution in [0.15, 0.2) is 66.1 Å². The van der Waals surface area contributed by atoms with Gasteiger partial charge >= 0.3 is 5.97 Å². The number of para-hydroxylation sites is 1. The van der Waals surface area contributed by atoms with E-state index >= 15 is 0 Å². The second kappa shape index (κ2) is 7.05. The molecule has 0 spiro atoms. The van der Waals surface area contributed by atoms with Gasteiger partial charge in [-0.05, 0) is 29.8 Å². The third-order valence-electron chi connectivity index (χ3n) is 3.90. The van der Waals surface area contributed by atoms with Crippen molar-refractivity contribution in [2.24, 2.45) is 0 Å². The van der Waals surface area contributed by atoms with Crippen LogP contribution in [0.1, 0.15) is 21.2 Å². The Morgan fingerprint density at radius 2 is 1.69 bits per heavy atom. The molecule has 2 aromatic carbocycles. The van der Waals surface area contributed by atoms with Crippen molar-refractivity contribution >= 4 is 25.6 Å². The first kappa shape index (κ1) is 18.3. The molecule has 26 heavy (non-hydrogen) atoms. The minimum Gasteiger partial charge on any atom is -0.423 e. The Kier molecular flexibility index (Phi) is 4.97. The Balaban J connectivity index is 1.92. The second-order valence-corrected chi connectivity index (χ2v) is 10.0. The normalized spacial score (nSPS) is 20.8. The highest BCUT2D eigenvalue weighted by molar-refractivity contribution is 7.97. The summed E-state index contributed by atoms with van der Waals surface area (Å²) in [6, 6.07) is 14.3. The Morgan fingerprint density at radius 1 is 0.962 bits per heavy atom. The van der Waals surface area contributed by atoms with E-state index in [-0.39, 0.29) is 16.9 Å². The van der Waals surface area contributed by atoms with E-state index in [1.165, 1.54) is 24.3 Å². The molecule has 8 heteroatoms. The fourth-order valence-corrected chi connectivity index (χ4v) is 6.42. The Labute approximate surface area is 152 Å². The minimum absolute atomic E-state index is 0.149. The number of hydrogen-bond acceptors (Lipinski definition) is 6. The van der Waals surface area contributed by atoms with Crippen LogP contribution in [0.2, 0.25) is 0 Å². The van der Waals surface area contributed by atoms with Crippen molar-refractivity contribution < 1.29 is 26.4 Å². The molecule has 0 amide bonds. The molecule has 136 valence electrons. The van der Waals surface area contributed by atoms with Gasteiger partial charge < -0.3 is 4.74 Å². The summed E-state index contributed by atoms with van der Waals surface area (Å²) < 4.78 is 54.0. The maximum absolute atomic E-state index is 12.4. The molecular formula is C18H16O6S2. The molecular weight excluding hydrogens is 376 g/mol. The quantitative estimate of drug-likeness (QED) is 0.588. The summed E-state index contributed by atoms with van der Waals surface area (Å²) in [6.45, 7) is 0. The molecule has 1 atom stereocenters. The smallest absolute Gasteiger partial charge is 0.343 e. The van der Waals surface area contributed by atoms with E-state index in [4.69, 9.17) is 4.74 Å². The van der Waals surface area contributed by atoms with Crippen LogP contribution in [0.3, 0.4) is 0 Å². The molecule has 1 heterocycles. The van der Waals surface area contributed by atoms with Crippen molar-refractivity contribution in [3.05, 3.63) is 77.2 Å². The van der Waals surface area contributed by atoms with Crippen molar-refractivity contribution in [1.82, 2.24) is 0 Å². The number of carbonyl (C=O) groups is 1. The number of sulfone groups is 2. The third kappa shape index (κ3) is 4.20. The lowest BCUT2D eigenvalue weighted by molar-refractivity contribution is 0.0734. The van der Waals surface area contributed by atoms with Gasteiger partial charge in [-0.1, -0.05) is 36.4 Å². The second-order valence-electron chi connectivity index (χ2n) is 5.85. The summed E-state index contributed by atoms with van der Waals surface area (Å²) in [5, 5.41) is -0.301. The third-order valence-corrected chi connectivity index (χ3v) is 7.48. The monoisotopic (exact) mass is 392 g/mol. The fourth-order valence-electron chi connectivity index (χ4n) is 2.63. The Hall–Kier alpha value is -2.45.